The number of likely N-dealkylation sites (tertiary alicyclic amines) is 1. The van der Waals surface area contributed by atoms with E-state index in [-0.39, 0.29) is 18.4 Å². The molecule has 5 heteroatoms. The minimum Gasteiger partial charge on any atom is -0.399 e. The fourth-order valence-corrected chi connectivity index (χ4v) is 2.47. The van der Waals surface area contributed by atoms with Crippen LogP contribution in [0.3, 0.4) is 0 Å². The first kappa shape index (κ1) is 13.2. The Hall–Kier alpha value is -1.26. The molecule has 0 spiro atoms. The van der Waals surface area contributed by atoms with E-state index in [1.165, 1.54) is 0 Å². The summed E-state index contributed by atoms with van der Waals surface area (Å²) in [6.07, 6.45) is 1.88. The zero-order chi connectivity index (χ0) is 13.1. The smallest absolute Gasteiger partial charge is 0.255 e. The summed E-state index contributed by atoms with van der Waals surface area (Å²) in [5, 5.41) is 9.59. The lowest BCUT2D eigenvalue weighted by atomic mass is 9.98. The quantitative estimate of drug-likeness (QED) is 0.804. The van der Waals surface area contributed by atoms with Gasteiger partial charge in [0.15, 0.2) is 0 Å². The van der Waals surface area contributed by atoms with Gasteiger partial charge in [0.25, 0.3) is 5.91 Å². The van der Waals surface area contributed by atoms with Gasteiger partial charge in [-0.25, -0.2) is 0 Å². The largest absolute Gasteiger partial charge is 0.399 e. The first-order chi connectivity index (χ1) is 8.61. The molecule has 0 radical (unpaired) electrons. The number of rotatable bonds is 2. The zero-order valence-electron chi connectivity index (χ0n) is 10.1. The third kappa shape index (κ3) is 2.76. The first-order valence-electron chi connectivity index (χ1n) is 6.07. The molecule has 1 fully saturated rings. The summed E-state index contributed by atoms with van der Waals surface area (Å²) < 4.78 is 0. The molecular weight excluding hydrogens is 252 g/mol. The Balaban J connectivity index is 2.17. The number of hydrogen-bond acceptors (Lipinski definition) is 3. The van der Waals surface area contributed by atoms with Crippen LogP contribution in [0.2, 0.25) is 5.02 Å². The van der Waals surface area contributed by atoms with E-state index in [0.29, 0.717) is 29.4 Å². The van der Waals surface area contributed by atoms with Crippen molar-refractivity contribution in [1.29, 1.82) is 0 Å². The summed E-state index contributed by atoms with van der Waals surface area (Å²) in [5.41, 5.74) is 6.65. The molecule has 1 saturated heterocycles. The van der Waals surface area contributed by atoms with Gasteiger partial charge in [-0.1, -0.05) is 11.6 Å². The fraction of sp³-hybridized carbons (Fsp3) is 0.462. The molecule has 1 heterocycles. The molecule has 1 unspecified atom stereocenters. The van der Waals surface area contributed by atoms with Crippen molar-refractivity contribution < 1.29 is 9.90 Å². The molecule has 1 amide bonds. The number of piperidine rings is 1. The van der Waals surface area contributed by atoms with Gasteiger partial charge in [-0.2, -0.15) is 0 Å². The van der Waals surface area contributed by atoms with Crippen molar-refractivity contribution in [3.05, 3.63) is 28.8 Å². The highest BCUT2D eigenvalue weighted by molar-refractivity contribution is 6.34. The summed E-state index contributed by atoms with van der Waals surface area (Å²) in [6, 6.07) is 4.91. The van der Waals surface area contributed by atoms with E-state index in [9.17, 15) is 9.90 Å². The molecule has 1 aromatic rings. The SMILES string of the molecule is Nc1ccc(Cl)c(C(=O)N2CCCC(CO)C2)c1. The molecule has 3 N–H and O–H groups in total. The molecule has 1 atom stereocenters. The maximum atomic E-state index is 12.3. The Morgan fingerprint density at radius 2 is 2.33 bits per heavy atom. The predicted molar refractivity (Wildman–Crippen MR) is 71.6 cm³/mol. The van der Waals surface area contributed by atoms with Crippen molar-refractivity contribution in [2.75, 3.05) is 25.4 Å². The number of halogens is 1. The highest BCUT2D eigenvalue weighted by Gasteiger charge is 2.25. The van der Waals surface area contributed by atoms with Gasteiger partial charge < -0.3 is 15.7 Å². The van der Waals surface area contributed by atoms with Crippen LogP contribution in [0.4, 0.5) is 5.69 Å². The van der Waals surface area contributed by atoms with Gasteiger partial charge in [0.1, 0.15) is 0 Å². The molecule has 18 heavy (non-hydrogen) atoms. The highest BCUT2D eigenvalue weighted by Crippen LogP contribution is 2.23. The van der Waals surface area contributed by atoms with E-state index < -0.39 is 0 Å². The number of aliphatic hydroxyl groups excluding tert-OH is 1. The Morgan fingerprint density at radius 3 is 3.06 bits per heavy atom. The summed E-state index contributed by atoms with van der Waals surface area (Å²) in [6.45, 7) is 1.41. The number of nitrogens with zero attached hydrogens (tertiary/aromatic N) is 1. The van der Waals surface area contributed by atoms with Crippen LogP contribution in [-0.4, -0.2) is 35.6 Å². The second-order valence-electron chi connectivity index (χ2n) is 4.68. The molecule has 2 rings (SSSR count). The molecule has 0 saturated carbocycles. The van der Waals surface area contributed by atoms with Crippen LogP contribution < -0.4 is 5.73 Å². The fourth-order valence-electron chi connectivity index (χ4n) is 2.28. The van der Waals surface area contributed by atoms with Crippen LogP contribution in [0.25, 0.3) is 0 Å². The van der Waals surface area contributed by atoms with E-state index in [1.807, 2.05) is 0 Å². The number of aliphatic hydroxyl groups is 1. The minimum absolute atomic E-state index is 0.106. The Morgan fingerprint density at radius 1 is 1.56 bits per heavy atom. The van der Waals surface area contributed by atoms with Crippen LogP contribution in [0.15, 0.2) is 18.2 Å². The first-order valence-corrected chi connectivity index (χ1v) is 6.44. The van der Waals surface area contributed by atoms with Gasteiger partial charge in [-0.15, -0.1) is 0 Å². The van der Waals surface area contributed by atoms with Crippen LogP contribution in [-0.2, 0) is 0 Å². The lowest BCUT2D eigenvalue weighted by Gasteiger charge is -2.32. The molecule has 0 aliphatic carbocycles. The summed E-state index contributed by atoms with van der Waals surface area (Å²) in [5.74, 6) is 0.0629. The van der Waals surface area contributed by atoms with Crippen molar-refractivity contribution in [2.24, 2.45) is 5.92 Å². The van der Waals surface area contributed by atoms with E-state index in [2.05, 4.69) is 0 Å². The molecule has 98 valence electrons. The van der Waals surface area contributed by atoms with Crippen LogP contribution >= 0.6 is 11.6 Å². The number of amides is 1. The average molecular weight is 269 g/mol. The number of nitrogen functional groups attached to an aromatic ring is 1. The zero-order valence-corrected chi connectivity index (χ0v) is 10.9. The number of nitrogens with two attached hydrogens (primary N) is 1. The van der Waals surface area contributed by atoms with Gasteiger partial charge in [0.05, 0.1) is 10.6 Å². The Bertz CT molecular complexity index is 451. The predicted octanol–water partition coefficient (Wildman–Crippen LogP) is 1.77. The Kier molecular flexibility index (Phi) is 4.09. The van der Waals surface area contributed by atoms with Gasteiger partial charge in [-0.05, 0) is 37.0 Å². The average Bonchev–Trinajstić information content (AvgIpc) is 2.41. The maximum Gasteiger partial charge on any atom is 0.255 e. The number of hydrogen-bond donors (Lipinski definition) is 2. The summed E-state index contributed by atoms with van der Waals surface area (Å²) in [4.78, 5) is 14.1. The normalized spacial score (nSPS) is 19.9. The number of carbonyl (C=O) groups excluding carboxylic acids is 1. The van der Waals surface area contributed by atoms with Crippen LogP contribution in [0, 0.1) is 5.92 Å². The third-order valence-corrected chi connectivity index (χ3v) is 3.61. The lowest BCUT2D eigenvalue weighted by Crippen LogP contribution is -2.41. The van der Waals surface area contributed by atoms with Gasteiger partial charge in [0.2, 0.25) is 0 Å². The number of carbonyl (C=O) groups is 1. The second kappa shape index (κ2) is 5.59. The molecule has 1 aliphatic heterocycles. The summed E-state index contributed by atoms with van der Waals surface area (Å²) in [7, 11) is 0. The van der Waals surface area contributed by atoms with Crippen molar-refractivity contribution in [1.82, 2.24) is 4.90 Å². The van der Waals surface area contributed by atoms with Crippen molar-refractivity contribution >= 4 is 23.2 Å². The van der Waals surface area contributed by atoms with E-state index in [4.69, 9.17) is 17.3 Å². The lowest BCUT2D eigenvalue weighted by molar-refractivity contribution is 0.0621. The molecule has 1 aromatic carbocycles. The monoisotopic (exact) mass is 268 g/mol. The summed E-state index contributed by atoms with van der Waals surface area (Å²) >= 11 is 6.03. The topological polar surface area (TPSA) is 66.6 Å². The van der Waals surface area contributed by atoms with Gasteiger partial charge >= 0.3 is 0 Å². The maximum absolute atomic E-state index is 12.3. The van der Waals surface area contributed by atoms with Crippen LogP contribution in [0.5, 0.6) is 0 Å². The molecule has 1 aliphatic rings. The third-order valence-electron chi connectivity index (χ3n) is 3.29. The van der Waals surface area contributed by atoms with E-state index in [1.54, 1.807) is 23.1 Å². The molecular formula is C13H17ClN2O2. The van der Waals surface area contributed by atoms with Gasteiger partial charge in [-0.3, -0.25) is 4.79 Å². The number of anilines is 1. The van der Waals surface area contributed by atoms with E-state index in [0.717, 1.165) is 12.8 Å². The van der Waals surface area contributed by atoms with Crippen molar-refractivity contribution in [3.63, 3.8) is 0 Å². The standard InChI is InChI=1S/C13H17ClN2O2/c14-12-4-3-10(15)6-11(12)13(18)16-5-1-2-9(7-16)8-17/h3-4,6,9,17H,1-2,5,7-8,15H2. The minimum atomic E-state index is -0.106. The molecule has 0 aromatic heterocycles. The molecule has 0 bridgehead atoms. The molecule has 4 nitrogen and oxygen atoms in total. The second-order valence-corrected chi connectivity index (χ2v) is 5.09. The van der Waals surface area contributed by atoms with E-state index >= 15 is 0 Å². The van der Waals surface area contributed by atoms with Gasteiger partial charge in [0, 0.05) is 25.4 Å². The van der Waals surface area contributed by atoms with Crippen molar-refractivity contribution in [3.8, 4) is 0 Å². The Labute approximate surface area is 111 Å². The number of benzene rings is 1. The van der Waals surface area contributed by atoms with Crippen molar-refractivity contribution in [2.45, 2.75) is 12.8 Å². The van der Waals surface area contributed by atoms with Crippen LogP contribution in [0.1, 0.15) is 23.2 Å². The highest BCUT2D eigenvalue weighted by atomic mass is 35.5.